The number of anilines is 1. The molecule has 1 rings (SSSR count). The van der Waals surface area contributed by atoms with E-state index >= 15 is 0 Å². The number of hydrogen-bond acceptors (Lipinski definition) is 2. The lowest BCUT2D eigenvalue weighted by Gasteiger charge is -2.10. The van der Waals surface area contributed by atoms with Gasteiger partial charge in [-0.2, -0.15) is 0 Å². The first-order chi connectivity index (χ1) is 7.38. The lowest BCUT2D eigenvalue weighted by Crippen LogP contribution is -2.19. The second-order valence-corrected chi connectivity index (χ2v) is 3.76. The molecule has 0 spiro atoms. The van der Waals surface area contributed by atoms with Gasteiger partial charge in [0, 0.05) is 11.0 Å². The molecule has 0 fully saturated rings. The Hall–Kier alpha value is -0.820. The quantitative estimate of drug-likeness (QED) is 0.678. The summed E-state index contributed by atoms with van der Waals surface area (Å²) in [5.41, 5.74) is 0.125. The molecule has 0 aliphatic heterocycles. The molecule has 0 aliphatic rings. The molecule has 0 saturated heterocycles. The largest absolute Gasteiger partial charge is 0.522 e. The van der Waals surface area contributed by atoms with Crippen molar-refractivity contribution in [3.8, 4) is 0 Å². The molecular formula is C9H8BrF4NO. The van der Waals surface area contributed by atoms with Gasteiger partial charge in [0.05, 0.1) is 12.3 Å². The zero-order valence-corrected chi connectivity index (χ0v) is 9.53. The van der Waals surface area contributed by atoms with Crippen molar-refractivity contribution in [1.29, 1.82) is 0 Å². The normalized spacial score (nSPS) is 11.6. The van der Waals surface area contributed by atoms with E-state index in [1.165, 1.54) is 18.2 Å². The fraction of sp³-hybridized carbons (Fsp3) is 0.333. The van der Waals surface area contributed by atoms with E-state index in [4.69, 9.17) is 0 Å². The van der Waals surface area contributed by atoms with Gasteiger partial charge in [-0.3, -0.25) is 4.74 Å². The smallest absolute Gasteiger partial charge is 0.380 e. The fourth-order valence-electron chi connectivity index (χ4n) is 0.985. The van der Waals surface area contributed by atoms with Gasteiger partial charge in [-0.25, -0.2) is 4.39 Å². The van der Waals surface area contributed by atoms with E-state index in [1.807, 2.05) is 0 Å². The van der Waals surface area contributed by atoms with Gasteiger partial charge in [0.25, 0.3) is 0 Å². The first-order valence-corrected chi connectivity index (χ1v) is 5.07. The van der Waals surface area contributed by atoms with E-state index in [1.54, 1.807) is 0 Å². The molecule has 0 amide bonds. The van der Waals surface area contributed by atoms with Crippen LogP contribution in [0.25, 0.3) is 0 Å². The molecular weight excluding hydrogens is 294 g/mol. The summed E-state index contributed by atoms with van der Waals surface area (Å²) in [6.07, 6.45) is -4.66. The fourth-order valence-corrected chi connectivity index (χ4v) is 1.35. The summed E-state index contributed by atoms with van der Waals surface area (Å²) in [5.74, 6) is -0.532. The first kappa shape index (κ1) is 13.2. The highest BCUT2D eigenvalue weighted by Gasteiger charge is 2.28. The molecule has 0 unspecified atom stereocenters. The zero-order chi connectivity index (χ0) is 12.2. The number of halogens is 5. The van der Waals surface area contributed by atoms with Gasteiger partial charge in [-0.15, -0.1) is 13.2 Å². The summed E-state index contributed by atoms with van der Waals surface area (Å²) in [4.78, 5) is 0. The third-order valence-electron chi connectivity index (χ3n) is 1.61. The predicted octanol–water partition coefficient (Wildman–Crippen LogP) is 3.54. The molecule has 0 heterocycles. The van der Waals surface area contributed by atoms with Crippen LogP contribution < -0.4 is 5.32 Å². The van der Waals surface area contributed by atoms with Crippen LogP contribution in [0.15, 0.2) is 22.7 Å². The van der Waals surface area contributed by atoms with Gasteiger partial charge in [0.2, 0.25) is 0 Å². The number of nitrogens with one attached hydrogen (secondary N) is 1. The molecule has 0 atom stereocenters. The predicted molar refractivity (Wildman–Crippen MR) is 54.6 cm³/mol. The minimum absolute atomic E-state index is 0.125. The zero-order valence-electron chi connectivity index (χ0n) is 7.94. The van der Waals surface area contributed by atoms with E-state index in [9.17, 15) is 17.6 Å². The van der Waals surface area contributed by atoms with Gasteiger partial charge in [0.15, 0.2) is 0 Å². The summed E-state index contributed by atoms with van der Waals surface area (Å²) in [5, 5.41) is 2.50. The first-order valence-electron chi connectivity index (χ1n) is 4.28. The van der Waals surface area contributed by atoms with Crippen molar-refractivity contribution >= 4 is 21.6 Å². The number of benzene rings is 1. The van der Waals surface area contributed by atoms with Crippen LogP contribution in [0.2, 0.25) is 0 Å². The molecule has 1 N–H and O–H groups in total. The van der Waals surface area contributed by atoms with Crippen molar-refractivity contribution in [2.75, 3.05) is 18.5 Å². The maximum Gasteiger partial charge on any atom is 0.522 e. The van der Waals surface area contributed by atoms with Crippen LogP contribution in [-0.2, 0) is 4.74 Å². The lowest BCUT2D eigenvalue weighted by molar-refractivity contribution is -0.322. The molecule has 0 saturated carbocycles. The van der Waals surface area contributed by atoms with Crippen LogP contribution in [0.3, 0.4) is 0 Å². The molecule has 0 aromatic heterocycles. The Morgan fingerprint density at radius 1 is 1.31 bits per heavy atom. The van der Waals surface area contributed by atoms with Crippen molar-refractivity contribution in [3.05, 3.63) is 28.5 Å². The lowest BCUT2D eigenvalue weighted by atomic mass is 10.3. The summed E-state index contributed by atoms with van der Waals surface area (Å²) in [6, 6.07) is 4.13. The van der Waals surface area contributed by atoms with E-state index in [-0.39, 0.29) is 12.2 Å². The highest BCUT2D eigenvalue weighted by Crippen LogP contribution is 2.20. The number of alkyl halides is 3. The second kappa shape index (κ2) is 5.49. The third kappa shape index (κ3) is 4.80. The molecule has 0 radical (unpaired) electrons. The molecule has 1 aromatic carbocycles. The van der Waals surface area contributed by atoms with Crippen molar-refractivity contribution in [3.63, 3.8) is 0 Å². The summed E-state index contributed by atoms with van der Waals surface area (Å²) in [7, 11) is 0. The standard InChI is InChI=1S/C9H8BrF4NO/c10-6-1-2-7(11)8(5-6)15-3-4-16-9(12,13)14/h1-2,5,15H,3-4H2. The van der Waals surface area contributed by atoms with Crippen LogP contribution in [0.5, 0.6) is 0 Å². The number of hydrogen-bond donors (Lipinski definition) is 1. The number of rotatable bonds is 4. The molecule has 2 nitrogen and oxygen atoms in total. The second-order valence-electron chi connectivity index (χ2n) is 2.85. The third-order valence-corrected chi connectivity index (χ3v) is 2.10. The summed E-state index contributed by atoms with van der Waals surface area (Å²) in [6.45, 7) is -0.706. The highest BCUT2D eigenvalue weighted by molar-refractivity contribution is 9.10. The van der Waals surface area contributed by atoms with Crippen molar-refractivity contribution in [2.45, 2.75) is 6.36 Å². The van der Waals surface area contributed by atoms with E-state index in [0.717, 1.165) is 0 Å². The SMILES string of the molecule is Fc1ccc(Br)cc1NCCOC(F)(F)F. The minimum atomic E-state index is -4.66. The monoisotopic (exact) mass is 301 g/mol. The molecule has 90 valence electrons. The molecule has 1 aromatic rings. The Morgan fingerprint density at radius 3 is 2.62 bits per heavy atom. The maximum absolute atomic E-state index is 13.1. The van der Waals surface area contributed by atoms with E-state index in [0.29, 0.717) is 4.47 Å². The van der Waals surface area contributed by atoms with Crippen molar-refractivity contribution < 1.29 is 22.3 Å². The van der Waals surface area contributed by atoms with Crippen LogP contribution in [0, 0.1) is 5.82 Å². The Labute approximate surface area is 97.7 Å². The van der Waals surface area contributed by atoms with Gasteiger partial charge in [-0.1, -0.05) is 15.9 Å². The van der Waals surface area contributed by atoms with Crippen LogP contribution >= 0.6 is 15.9 Å². The van der Waals surface area contributed by atoms with Crippen molar-refractivity contribution in [1.82, 2.24) is 0 Å². The Morgan fingerprint density at radius 2 is 2.00 bits per heavy atom. The Kier molecular flexibility index (Phi) is 4.55. The van der Waals surface area contributed by atoms with E-state index < -0.39 is 18.8 Å². The molecule has 0 bridgehead atoms. The molecule has 7 heteroatoms. The van der Waals surface area contributed by atoms with E-state index in [2.05, 4.69) is 26.0 Å². The Balaban J connectivity index is 2.40. The summed E-state index contributed by atoms with van der Waals surface area (Å²) >= 11 is 3.12. The summed E-state index contributed by atoms with van der Waals surface area (Å²) < 4.78 is 52.0. The molecule has 0 aliphatic carbocycles. The average Bonchev–Trinajstić information content (AvgIpc) is 2.16. The van der Waals surface area contributed by atoms with Gasteiger partial charge in [-0.05, 0) is 18.2 Å². The van der Waals surface area contributed by atoms with Gasteiger partial charge >= 0.3 is 6.36 Å². The number of ether oxygens (including phenoxy) is 1. The highest BCUT2D eigenvalue weighted by atomic mass is 79.9. The maximum atomic E-state index is 13.1. The van der Waals surface area contributed by atoms with Crippen LogP contribution in [0.1, 0.15) is 0 Å². The van der Waals surface area contributed by atoms with Crippen molar-refractivity contribution in [2.24, 2.45) is 0 Å². The van der Waals surface area contributed by atoms with Gasteiger partial charge < -0.3 is 5.32 Å². The minimum Gasteiger partial charge on any atom is -0.380 e. The van der Waals surface area contributed by atoms with Gasteiger partial charge in [0.1, 0.15) is 5.82 Å². The van der Waals surface area contributed by atoms with Crippen LogP contribution in [-0.4, -0.2) is 19.5 Å². The topological polar surface area (TPSA) is 21.3 Å². The average molecular weight is 302 g/mol. The van der Waals surface area contributed by atoms with Crippen LogP contribution in [0.4, 0.5) is 23.2 Å². The molecule has 16 heavy (non-hydrogen) atoms. The Bertz CT molecular complexity index is 356.